The molecule has 26 heavy (non-hydrogen) atoms. The summed E-state index contributed by atoms with van der Waals surface area (Å²) in [5.74, 6) is 0.358. The molecule has 0 radical (unpaired) electrons. The number of likely N-dealkylation sites (tertiary alicyclic amines) is 2. The molecule has 0 spiro atoms. The van der Waals surface area contributed by atoms with E-state index in [0.29, 0.717) is 18.1 Å². The van der Waals surface area contributed by atoms with Gasteiger partial charge in [0.2, 0.25) is 5.91 Å². The van der Waals surface area contributed by atoms with Gasteiger partial charge in [0, 0.05) is 37.9 Å². The molecule has 144 valence electrons. The third-order valence-electron chi connectivity index (χ3n) is 6.14. The standard InChI is InChI=1S/C19H31N5O2/c1-22-7-5-16(6-8-22)23-12-17(9-18(23)13-26-2)24-11-15(10-20-24)21-19(25)14-3-4-14/h10-11,14,16-18H,3-9,12-13H2,1-2H3,(H,21,25)/t17-,18-/m0/s1. The third-order valence-corrected chi connectivity index (χ3v) is 6.14. The highest BCUT2D eigenvalue weighted by atomic mass is 16.5. The topological polar surface area (TPSA) is 62.6 Å². The van der Waals surface area contributed by atoms with Crippen LogP contribution in [0.2, 0.25) is 0 Å². The van der Waals surface area contributed by atoms with Gasteiger partial charge in [0.1, 0.15) is 0 Å². The first kappa shape index (κ1) is 17.9. The fourth-order valence-corrected chi connectivity index (χ4v) is 4.43. The normalized spacial score (nSPS) is 28.5. The zero-order valence-corrected chi connectivity index (χ0v) is 15.9. The summed E-state index contributed by atoms with van der Waals surface area (Å²) < 4.78 is 7.55. The average Bonchev–Trinajstić information content (AvgIpc) is 3.26. The minimum Gasteiger partial charge on any atom is -0.383 e. The summed E-state index contributed by atoms with van der Waals surface area (Å²) in [7, 11) is 4.00. The van der Waals surface area contributed by atoms with E-state index in [1.54, 1.807) is 13.3 Å². The summed E-state index contributed by atoms with van der Waals surface area (Å²) >= 11 is 0. The number of piperidine rings is 1. The largest absolute Gasteiger partial charge is 0.383 e. The van der Waals surface area contributed by atoms with E-state index in [-0.39, 0.29) is 11.8 Å². The Morgan fingerprint density at radius 2 is 2.04 bits per heavy atom. The number of carbonyl (C=O) groups is 1. The number of aromatic nitrogens is 2. The Morgan fingerprint density at radius 3 is 2.73 bits per heavy atom. The van der Waals surface area contributed by atoms with Gasteiger partial charge in [0.25, 0.3) is 0 Å². The molecule has 1 N–H and O–H groups in total. The maximum Gasteiger partial charge on any atom is 0.227 e. The number of methoxy groups -OCH3 is 1. The third kappa shape index (κ3) is 3.94. The van der Waals surface area contributed by atoms with E-state index in [4.69, 9.17) is 4.74 Å². The molecule has 3 heterocycles. The van der Waals surface area contributed by atoms with Crippen molar-refractivity contribution in [3.05, 3.63) is 12.4 Å². The van der Waals surface area contributed by atoms with Crippen molar-refractivity contribution >= 4 is 11.6 Å². The van der Waals surface area contributed by atoms with E-state index in [9.17, 15) is 4.79 Å². The Morgan fingerprint density at radius 1 is 1.27 bits per heavy atom. The molecule has 3 aliphatic rings. The molecule has 0 aromatic carbocycles. The number of anilines is 1. The van der Waals surface area contributed by atoms with Crippen LogP contribution in [0.25, 0.3) is 0 Å². The van der Waals surface area contributed by atoms with Gasteiger partial charge in [-0.05, 0) is 52.2 Å². The number of hydrogen-bond acceptors (Lipinski definition) is 5. The lowest BCUT2D eigenvalue weighted by molar-refractivity contribution is -0.117. The van der Waals surface area contributed by atoms with Crippen molar-refractivity contribution in [1.82, 2.24) is 19.6 Å². The predicted octanol–water partition coefficient (Wildman–Crippen LogP) is 1.59. The zero-order chi connectivity index (χ0) is 18.1. The first-order chi connectivity index (χ1) is 12.6. The Bertz CT molecular complexity index is 621. The van der Waals surface area contributed by atoms with Crippen molar-refractivity contribution in [2.75, 3.05) is 45.7 Å². The number of amides is 1. The molecule has 1 aliphatic carbocycles. The summed E-state index contributed by atoms with van der Waals surface area (Å²) in [6.07, 6.45) is 9.32. The molecule has 0 unspecified atom stereocenters. The number of rotatable bonds is 6. The summed E-state index contributed by atoms with van der Waals surface area (Å²) in [5.41, 5.74) is 0.822. The van der Waals surface area contributed by atoms with Crippen LogP contribution in [0.1, 0.15) is 38.1 Å². The summed E-state index contributed by atoms with van der Waals surface area (Å²) in [5, 5.41) is 7.54. The van der Waals surface area contributed by atoms with Crippen molar-refractivity contribution in [2.45, 2.75) is 50.2 Å². The molecule has 4 rings (SSSR count). The fraction of sp³-hybridized carbons (Fsp3) is 0.789. The highest BCUT2D eigenvalue weighted by Gasteiger charge is 2.38. The van der Waals surface area contributed by atoms with Crippen molar-refractivity contribution < 1.29 is 9.53 Å². The first-order valence-corrected chi connectivity index (χ1v) is 9.92. The molecule has 7 nitrogen and oxygen atoms in total. The van der Waals surface area contributed by atoms with Crippen LogP contribution in [0.5, 0.6) is 0 Å². The Hall–Kier alpha value is -1.44. The maximum atomic E-state index is 12.0. The van der Waals surface area contributed by atoms with Gasteiger partial charge >= 0.3 is 0 Å². The van der Waals surface area contributed by atoms with Crippen molar-refractivity contribution in [1.29, 1.82) is 0 Å². The fourth-order valence-electron chi connectivity index (χ4n) is 4.43. The molecule has 1 aromatic rings. The molecule has 1 saturated carbocycles. The van der Waals surface area contributed by atoms with E-state index < -0.39 is 0 Å². The number of nitrogens with one attached hydrogen (secondary N) is 1. The molecule has 0 bridgehead atoms. The van der Waals surface area contributed by atoms with Crippen LogP contribution >= 0.6 is 0 Å². The van der Waals surface area contributed by atoms with E-state index in [0.717, 1.165) is 38.1 Å². The molecule has 2 saturated heterocycles. The molecule has 2 atom stereocenters. The minimum atomic E-state index is 0.140. The van der Waals surface area contributed by atoms with E-state index in [1.807, 2.05) is 10.9 Å². The lowest BCUT2D eigenvalue weighted by Crippen LogP contribution is -2.47. The van der Waals surface area contributed by atoms with Gasteiger partial charge in [0.15, 0.2) is 0 Å². The molecular formula is C19H31N5O2. The highest BCUT2D eigenvalue weighted by molar-refractivity contribution is 5.93. The van der Waals surface area contributed by atoms with Crippen LogP contribution in [0.15, 0.2) is 12.4 Å². The zero-order valence-electron chi connectivity index (χ0n) is 15.9. The lowest BCUT2D eigenvalue weighted by Gasteiger charge is -2.38. The molecule has 1 amide bonds. The Balaban J connectivity index is 1.40. The monoisotopic (exact) mass is 361 g/mol. The van der Waals surface area contributed by atoms with Crippen molar-refractivity contribution in [3.63, 3.8) is 0 Å². The average molecular weight is 361 g/mol. The van der Waals surface area contributed by atoms with Crippen LogP contribution in [0.4, 0.5) is 5.69 Å². The maximum absolute atomic E-state index is 12.0. The second kappa shape index (κ2) is 7.66. The van der Waals surface area contributed by atoms with Crippen molar-refractivity contribution in [3.8, 4) is 0 Å². The number of nitrogens with zero attached hydrogens (tertiary/aromatic N) is 4. The smallest absolute Gasteiger partial charge is 0.227 e. The van der Waals surface area contributed by atoms with E-state index >= 15 is 0 Å². The second-order valence-corrected chi connectivity index (χ2v) is 8.20. The predicted molar refractivity (Wildman–Crippen MR) is 100 cm³/mol. The molecule has 7 heteroatoms. The Labute approximate surface area is 155 Å². The van der Waals surface area contributed by atoms with Gasteiger partial charge < -0.3 is 15.0 Å². The van der Waals surface area contributed by atoms with Crippen LogP contribution in [0.3, 0.4) is 0 Å². The number of hydrogen-bond donors (Lipinski definition) is 1. The van der Waals surface area contributed by atoms with Gasteiger partial charge in [0.05, 0.1) is 24.5 Å². The van der Waals surface area contributed by atoms with E-state index in [2.05, 4.69) is 27.3 Å². The van der Waals surface area contributed by atoms with Crippen LogP contribution in [-0.2, 0) is 9.53 Å². The van der Waals surface area contributed by atoms with Gasteiger partial charge in [-0.3, -0.25) is 14.4 Å². The minimum absolute atomic E-state index is 0.140. The van der Waals surface area contributed by atoms with Crippen LogP contribution < -0.4 is 5.32 Å². The first-order valence-electron chi connectivity index (χ1n) is 9.92. The van der Waals surface area contributed by atoms with Crippen LogP contribution in [-0.4, -0.2) is 78.0 Å². The number of carbonyl (C=O) groups excluding carboxylic acids is 1. The van der Waals surface area contributed by atoms with Gasteiger partial charge in [-0.1, -0.05) is 0 Å². The van der Waals surface area contributed by atoms with Gasteiger partial charge in [-0.2, -0.15) is 5.10 Å². The lowest BCUT2D eigenvalue weighted by atomic mass is 10.0. The molecule has 2 aliphatic heterocycles. The highest BCUT2D eigenvalue weighted by Crippen LogP contribution is 2.33. The molecule has 3 fully saturated rings. The molecular weight excluding hydrogens is 330 g/mol. The summed E-state index contributed by atoms with van der Waals surface area (Å²) in [6, 6.07) is 1.44. The summed E-state index contributed by atoms with van der Waals surface area (Å²) in [6.45, 7) is 4.13. The quantitative estimate of drug-likeness (QED) is 0.834. The van der Waals surface area contributed by atoms with Gasteiger partial charge in [-0.25, -0.2) is 0 Å². The van der Waals surface area contributed by atoms with Crippen LogP contribution in [0, 0.1) is 5.92 Å². The second-order valence-electron chi connectivity index (χ2n) is 8.20. The van der Waals surface area contributed by atoms with E-state index in [1.165, 1.54) is 25.9 Å². The van der Waals surface area contributed by atoms with Gasteiger partial charge in [-0.15, -0.1) is 0 Å². The summed E-state index contributed by atoms with van der Waals surface area (Å²) in [4.78, 5) is 17.0. The van der Waals surface area contributed by atoms with Crippen molar-refractivity contribution in [2.24, 2.45) is 5.92 Å². The Kier molecular flexibility index (Phi) is 5.29. The SMILES string of the molecule is COC[C@@H]1C[C@H](n2cc(NC(=O)C3CC3)cn2)CN1C1CCN(C)CC1. The molecule has 1 aromatic heterocycles. The number of ether oxygens (including phenoxy) is 1.